The molecule has 1 aliphatic rings. The van der Waals surface area contributed by atoms with Crippen LogP contribution in [0.25, 0.3) is 0 Å². The Bertz CT molecular complexity index is 671. The average Bonchev–Trinajstić information content (AvgIpc) is 2.57. The van der Waals surface area contributed by atoms with E-state index < -0.39 is 6.10 Å². The highest BCUT2D eigenvalue weighted by atomic mass is 19.1. The summed E-state index contributed by atoms with van der Waals surface area (Å²) in [5.74, 6) is 0.619. The van der Waals surface area contributed by atoms with Crippen LogP contribution in [0.3, 0.4) is 0 Å². The zero-order valence-corrected chi connectivity index (χ0v) is 14.0. The zero-order valence-electron chi connectivity index (χ0n) is 14.0. The second-order valence-corrected chi connectivity index (χ2v) is 6.45. The number of aliphatic hydroxyl groups excluding tert-OH is 1. The number of halogens is 1. The molecule has 2 aromatic rings. The molecule has 5 heteroatoms. The second-order valence-electron chi connectivity index (χ2n) is 6.45. The van der Waals surface area contributed by atoms with Crippen molar-refractivity contribution in [2.75, 3.05) is 25.0 Å². The lowest BCUT2D eigenvalue weighted by Crippen LogP contribution is -2.41. The van der Waals surface area contributed by atoms with Gasteiger partial charge in [0.15, 0.2) is 0 Å². The van der Waals surface area contributed by atoms with Crippen molar-refractivity contribution in [1.29, 1.82) is 0 Å². The van der Waals surface area contributed by atoms with Crippen LogP contribution in [0.1, 0.15) is 30.2 Å². The molecular formula is C19H24FN3O. The molecule has 1 atom stereocenters. The summed E-state index contributed by atoms with van der Waals surface area (Å²) in [6, 6.07) is 12.6. The number of β-amino-alcohol motifs (C(OH)–C–C–N with tert-alkyl or cyclic N) is 1. The van der Waals surface area contributed by atoms with Crippen LogP contribution in [0.2, 0.25) is 0 Å². The Balaban J connectivity index is 1.48. The second kappa shape index (κ2) is 7.73. The summed E-state index contributed by atoms with van der Waals surface area (Å²) in [6.07, 6.45) is 1.36. The summed E-state index contributed by atoms with van der Waals surface area (Å²) in [4.78, 5) is 6.72. The molecule has 2 N–H and O–H groups in total. The molecule has 1 aromatic carbocycles. The van der Waals surface area contributed by atoms with Crippen molar-refractivity contribution in [2.24, 2.45) is 0 Å². The minimum atomic E-state index is -0.649. The van der Waals surface area contributed by atoms with E-state index in [0.717, 1.165) is 37.4 Å². The standard InChI is InChI=1S/C19H24FN3O/c1-14-4-2-7-19(21-14)22-17-8-10-23(11-9-17)13-18(24)15-5-3-6-16(20)12-15/h2-7,12,17-18,24H,8-11,13H2,1H3,(H,21,22). The van der Waals surface area contributed by atoms with Crippen molar-refractivity contribution in [3.05, 3.63) is 59.5 Å². The predicted octanol–water partition coefficient (Wildman–Crippen LogP) is 3.14. The summed E-state index contributed by atoms with van der Waals surface area (Å²) in [5, 5.41) is 13.8. The van der Waals surface area contributed by atoms with Crippen LogP contribution in [0.4, 0.5) is 10.2 Å². The molecule has 0 bridgehead atoms. The van der Waals surface area contributed by atoms with Crippen LogP contribution in [-0.2, 0) is 0 Å². The first-order valence-corrected chi connectivity index (χ1v) is 8.46. The van der Waals surface area contributed by atoms with Gasteiger partial charge in [0.25, 0.3) is 0 Å². The third kappa shape index (κ3) is 4.52. The van der Waals surface area contributed by atoms with Gasteiger partial charge in [-0.15, -0.1) is 0 Å². The molecule has 1 unspecified atom stereocenters. The minimum absolute atomic E-state index is 0.305. The maximum atomic E-state index is 13.3. The molecule has 1 aliphatic heterocycles. The Morgan fingerprint density at radius 1 is 1.25 bits per heavy atom. The van der Waals surface area contributed by atoms with Crippen LogP contribution in [0, 0.1) is 12.7 Å². The van der Waals surface area contributed by atoms with Gasteiger partial charge in [-0.2, -0.15) is 0 Å². The van der Waals surface area contributed by atoms with Gasteiger partial charge in [0, 0.05) is 31.4 Å². The molecule has 4 nitrogen and oxygen atoms in total. The fourth-order valence-corrected chi connectivity index (χ4v) is 3.16. The van der Waals surface area contributed by atoms with Gasteiger partial charge in [-0.25, -0.2) is 9.37 Å². The third-order valence-corrected chi connectivity index (χ3v) is 4.49. The van der Waals surface area contributed by atoms with Gasteiger partial charge >= 0.3 is 0 Å². The Hall–Kier alpha value is -1.98. The Kier molecular flexibility index (Phi) is 5.43. The molecule has 2 heterocycles. The van der Waals surface area contributed by atoms with Crippen molar-refractivity contribution in [3.8, 4) is 0 Å². The van der Waals surface area contributed by atoms with Crippen LogP contribution in [0.15, 0.2) is 42.5 Å². The predicted molar refractivity (Wildman–Crippen MR) is 93.4 cm³/mol. The van der Waals surface area contributed by atoms with E-state index in [1.54, 1.807) is 12.1 Å². The molecule has 0 radical (unpaired) electrons. The minimum Gasteiger partial charge on any atom is -0.387 e. The molecule has 24 heavy (non-hydrogen) atoms. The highest BCUT2D eigenvalue weighted by Gasteiger charge is 2.21. The monoisotopic (exact) mass is 329 g/mol. The van der Waals surface area contributed by atoms with Crippen molar-refractivity contribution in [2.45, 2.75) is 31.9 Å². The molecule has 0 aliphatic carbocycles. The normalized spacial score (nSPS) is 17.6. The van der Waals surface area contributed by atoms with E-state index in [-0.39, 0.29) is 5.82 Å². The summed E-state index contributed by atoms with van der Waals surface area (Å²) in [6.45, 7) is 4.35. The number of aryl methyl sites for hydroxylation is 1. The first kappa shape index (κ1) is 16.9. The maximum absolute atomic E-state index is 13.3. The zero-order chi connectivity index (χ0) is 16.9. The SMILES string of the molecule is Cc1cccc(NC2CCN(CC(O)c3cccc(F)c3)CC2)n1. The number of benzene rings is 1. The molecule has 0 saturated carbocycles. The number of nitrogens with one attached hydrogen (secondary N) is 1. The van der Waals surface area contributed by atoms with E-state index in [2.05, 4.69) is 15.2 Å². The van der Waals surface area contributed by atoms with Crippen molar-refractivity contribution in [1.82, 2.24) is 9.88 Å². The summed E-state index contributed by atoms with van der Waals surface area (Å²) < 4.78 is 13.3. The highest BCUT2D eigenvalue weighted by Crippen LogP contribution is 2.20. The van der Waals surface area contributed by atoms with Gasteiger partial charge in [0.05, 0.1) is 6.10 Å². The summed E-state index contributed by atoms with van der Waals surface area (Å²) >= 11 is 0. The number of aromatic nitrogens is 1. The fraction of sp³-hybridized carbons (Fsp3) is 0.421. The van der Waals surface area contributed by atoms with Crippen LogP contribution in [-0.4, -0.2) is 40.7 Å². The van der Waals surface area contributed by atoms with Crippen LogP contribution in [0.5, 0.6) is 0 Å². The van der Waals surface area contributed by atoms with E-state index in [0.29, 0.717) is 18.2 Å². The number of likely N-dealkylation sites (tertiary alicyclic amines) is 1. The first-order valence-electron chi connectivity index (χ1n) is 8.46. The number of aliphatic hydroxyl groups is 1. The van der Waals surface area contributed by atoms with Crippen LogP contribution < -0.4 is 5.32 Å². The van der Waals surface area contributed by atoms with Gasteiger partial charge in [0.2, 0.25) is 0 Å². The van der Waals surface area contributed by atoms with Gasteiger partial charge in [0.1, 0.15) is 11.6 Å². The van der Waals surface area contributed by atoms with E-state index in [1.165, 1.54) is 12.1 Å². The Morgan fingerprint density at radius 2 is 2.00 bits per heavy atom. The van der Waals surface area contributed by atoms with E-state index in [1.807, 2.05) is 25.1 Å². The number of nitrogens with zero attached hydrogens (tertiary/aromatic N) is 2. The van der Waals surface area contributed by atoms with Gasteiger partial charge in [-0.05, 0) is 49.6 Å². The van der Waals surface area contributed by atoms with Gasteiger partial charge in [-0.1, -0.05) is 18.2 Å². The summed E-state index contributed by atoms with van der Waals surface area (Å²) in [5.41, 5.74) is 1.65. The Morgan fingerprint density at radius 3 is 2.71 bits per heavy atom. The largest absolute Gasteiger partial charge is 0.387 e. The molecule has 128 valence electrons. The van der Waals surface area contributed by atoms with Gasteiger partial charge in [-0.3, -0.25) is 0 Å². The molecule has 3 rings (SSSR count). The maximum Gasteiger partial charge on any atom is 0.126 e. The highest BCUT2D eigenvalue weighted by molar-refractivity contribution is 5.36. The number of anilines is 1. The smallest absolute Gasteiger partial charge is 0.126 e. The quantitative estimate of drug-likeness (QED) is 0.885. The number of hydrogen-bond donors (Lipinski definition) is 2. The lowest BCUT2D eigenvalue weighted by atomic mass is 10.0. The molecule has 0 amide bonds. The number of pyridine rings is 1. The third-order valence-electron chi connectivity index (χ3n) is 4.49. The molecular weight excluding hydrogens is 305 g/mol. The number of piperidine rings is 1. The van der Waals surface area contributed by atoms with Gasteiger partial charge < -0.3 is 15.3 Å². The van der Waals surface area contributed by atoms with E-state index >= 15 is 0 Å². The number of rotatable bonds is 5. The van der Waals surface area contributed by atoms with E-state index in [9.17, 15) is 9.50 Å². The summed E-state index contributed by atoms with van der Waals surface area (Å²) in [7, 11) is 0. The Labute approximate surface area is 142 Å². The molecule has 1 aromatic heterocycles. The van der Waals surface area contributed by atoms with Crippen molar-refractivity contribution < 1.29 is 9.50 Å². The fourth-order valence-electron chi connectivity index (χ4n) is 3.16. The molecule has 1 fully saturated rings. The average molecular weight is 329 g/mol. The van der Waals surface area contributed by atoms with E-state index in [4.69, 9.17) is 0 Å². The lowest BCUT2D eigenvalue weighted by molar-refractivity contribution is 0.0989. The van der Waals surface area contributed by atoms with Crippen molar-refractivity contribution >= 4 is 5.82 Å². The molecule has 0 spiro atoms. The molecule has 1 saturated heterocycles. The number of hydrogen-bond acceptors (Lipinski definition) is 4. The lowest BCUT2D eigenvalue weighted by Gasteiger charge is -2.33. The van der Waals surface area contributed by atoms with Crippen LogP contribution >= 0.6 is 0 Å². The van der Waals surface area contributed by atoms with Crippen molar-refractivity contribution in [3.63, 3.8) is 0 Å². The first-order chi connectivity index (χ1) is 11.6. The topological polar surface area (TPSA) is 48.4 Å².